The molecule has 5 atom stereocenters. The summed E-state index contributed by atoms with van der Waals surface area (Å²) < 4.78 is 0. The van der Waals surface area contributed by atoms with Crippen molar-refractivity contribution in [2.45, 2.75) is 19.8 Å². The molecule has 0 aromatic rings. The minimum atomic E-state index is 0.477. The van der Waals surface area contributed by atoms with Crippen LogP contribution in [0.15, 0.2) is 12.2 Å². The molecule has 62 valence electrons. The van der Waals surface area contributed by atoms with Crippen molar-refractivity contribution in [3.63, 3.8) is 0 Å². The van der Waals surface area contributed by atoms with Gasteiger partial charge in [-0.1, -0.05) is 19.1 Å². The molecule has 5 unspecified atom stereocenters. The summed E-state index contributed by atoms with van der Waals surface area (Å²) in [5.41, 5.74) is 0.477. The van der Waals surface area contributed by atoms with E-state index in [9.17, 15) is 0 Å². The molecule has 3 bridgehead atoms. The molecular formula is C11H13N. The van der Waals surface area contributed by atoms with Crippen LogP contribution < -0.4 is 0 Å². The van der Waals surface area contributed by atoms with Crippen molar-refractivity contribution >= 4 is 0 Å². The number of hydrogen-bond donors (Lipinski definition) is 0. The first kappa shape index (κ1) is 6.71. The van der Waals surface area contributed by atoms with Gasteiger partial charge in [-0.25, -0.2) is 0 Å². The van der Waals surface area contributed by atoms with Crippen LogP contribution in [0.5, 0.6) is 0 Å². The zero-order valence-electron chi connectivity index (χ0n) is 7.33. The second-order valence-corrected chi connectivity index (χ2v) is 4.67. The average molecular weight is 159 g/mol. The Morgan fingerprint density at radius 3 is 2.92 bits per heavy atom. The third-order valence-corrected chi connectivity index (χ3v) is 4.63. The predicted molar refractivity (Wildman–Crippen MR) is 46.1 cm³/mol. The molecule has 0 aromatic heterocycles. The number of nitrogens with zero attached hydrogens (tertiary/aromatic N) is 1. The molecule has 1 nitrogen and oxygen atoms in total. The maximum Gasteiger partial charge on any atom is 0.0625 e. The average Bonchev–Trinajstić information content (AvgIpc) is 2.69. The highest BCUT2D eigenvalue weighted by molar-refractivity contribution is 5.32. The Hall–Kier alpha value is -0.770. The van der Waals surface area contributed by atoms with Crippen LogP contribution in [0, 0.1) is 40.4 Å². The maximum atomic E-state index is 8.70. The van der Waals surface area contributed by atoms with Crippen molar-refractivity contribution < 1.29 is 0 Å². The highest BCUT2D eigenvalue weighted by Crippen LogP contribution is 2.74. The summed E-state index contributed by atoms with van der Waals surface area (Å²) in [6, 6.07) is 2.34. The van der Waals surface area contributed by atoms with E-state index in [-0.39, 0.29) is 0 Å². The first-order chi connectivity index (χ1) is 5.79. The topological polar surface area (TPSA) is 23.8 Å². The second-order valence-electron chi connectivity index (χ2n) is 4.67. The first-order valence-corrected chi connectivity index (χ1v) is 4.86. The van der Waals surface area contributed by atoms with Gasteiger partial charge in [0, 0.05) is 6.42 Å². The largest absolute Gasteiger partial charge is 0.198 e. The van der Waals surface area contributed by atoms with Gasteiger partial charge in [-0.15, -0.1) is 0 Å². The Balaban J connectivity index is 1.98. The van der Waals surface area contributed by atoms with Gasteiger partial charge >= 0.3 is 0 Å². The molecule has 1 spiro atoms. The molecule has 0 aliphatic heterocycles. The third-order valence-electron chi connectivity index (χ3n) is 4.63. The van der Waals surface area contributed by atoms with Crippen LogP contribution in [-0.2, 0) is 0 Å². The summed E-state index contributed by atoms with van der Waals surface area (Å²) in [5.74, 6) is 3.27. The lowest BCUT2D eigenvalue weighted by molar-refractivity contribution is -0.0144. The van der Waals surface area contributed by atoms with E-state index in [2.05, 4.69) is 25.1 Å². The Bertz CT molecular complexity index is 299. The normalized spacial score (nSPS) is 58.3. The molecule has 0 radical (unpaired) electrons. The Morgan fingerprint density at radius 1 is 1.67 bits per heavy atom. The monoisotopic (exact) mass is 159 g/mol. The van der Waals surface area contributed by atoms with E-state index in [4.69, 9.17) is 5.26 Å². The summed E-state index contributed by atoms with van der Waals surface area (Å²) in [6.45, 7) is 2.36. The van der Waals surface area contributed by atoms with Crippen molar-refractivity contribution in [2.75, 3.05) is 0 Å². The molecule has 4 rings (SSSR count). The van der Waals surface area contributed by atoms with Crippen LogP contribution in [0.3, 0.4) is 0 Å². The molecular weight excluding hydrogens is 146 g/mol. The number of hydrogen-bond acceptors (Lipinski definition) is 1. The Labute approximate surface area is 73.1 Å². The SMILES string of the molecule is CC1C2C3C=CC1(C3)C2CC#N. The zero-order valence-corrected chi connectivity index (χ0v) is 7.33. The van der Waals surface area contributed by atoms with Crippen molar-refractivity contribution in [3.8, 4) is 6.07 Å². The molecule has 0 saturated heterocycles. The number of rotatable bonds is 1. The molecule has 3 fully saturated rings. The number of nitriles is 1. The third kappa shape index (κ3) is 0.451. The standard InChI is InChI=1S/C11H13N/c1-7-10-8-2-4-11(7,6-8)9(10)3-5-12/h2,4,7-10H,3,6H2,1H3. The molecule has 0 N–H and O–H groups in total. The van der Waals surface area contributed by atoms with Gasteiger partial charge in [0.05, 0.1) is 6.07 Å². The lowest BCUT2D eigenvalue weighted by Gasteiger charge is -2.53. The van der Waals surface area contributed by atoms with Crippen LogP contribution in [0.4, 0.5) is 0 Å². The van der Waals surface area contributed by atoms with Gasteiger partial charge in [-0.2, -0.15) is 5.26 Å². The van der Waals surface area contributed by atoms with Crippen LogP contribution in [0.2, 0.25) is 0 Å². The molecule has 4 aliphatic carbocycles. The number of allylic oxidation sites excluding steroid dienone is 2. The van der Waals surface area contributed by atoms with Crippen molar-refractivity contribution in [3.05, 3.63) is 12.2 Å². The van der Waals surface area contributed by atoms with E-state index in [1.807, 2.05) is 0 Å². The van der Waals surface area contributed by atoms with E-state index in [1.165, 1.54) is 6.42 Å². The highest BCUT2D eigenvalue weighted by Gasteiger charge is 2.68. The molecule has 3 saturated carbocycles. The zero-order chi connectivity index (χ0) is 8.34. The van der Waals surface area contributed by atoms with Crippen LogP contribution in [-0.4, -0.2) is 0 Å². The van der Waals surface area contributed by atoms with E-state index < -0.39 is 0 Å². The van der Waals surface area contributed by atoms with Crippen LogP contribution in [0.1, 0.15) is 19.8 Å². The molecule has 4 aliphatic rings. The predicted octanol–water partition coefficient (Wildman–Crippen LogP) is 2.36. The maximum absolute atomic E-state index is 8.70. The summed E-state index contributed by atoms with van der Waals surface area (Å²) in [4.78, 5) is 0. The van der Waals surface area contributed by atoms with Gasteiger partial charge in [-0.05, 0) is 35.5 Å². The van der Waals surface area contributed by atoms with E-state index >= 15 is 0 Å². The quantitative estimate of drug-likeness (QED) is 0.539. The van der Waals surface area contributed by atoms with Gasteiger partial charge in [-0.3, -0.25) is 0 Å². The summed E-state index contributed by atoms with van der Waals surface area (Å²) in [5, 5.41) is 8.70. The van der Waals surface area contributed by atoms with Gasteiger partial charge in [0.2, 0.25) is 0 Å². The van der Waals surface area contributed by atoms with E-state index in [0.29, 0.717) is 11.3 Å². The molecule has 12 heavy (non-hydrogen) atoms. The molecule has 1 heteroatoms. The second kappa shape index (κ2) is 1.76. The Kier molecular flexibility index (Phi) is 0.987. The fourth-order valence-corrected chi connectivity index (χ4v) is 4.10. The molecule has 0 heterocycles. The summed E-state index contributed by atoms with van der Waals surface area (Å²) >= 11 is 0. The van der Waals surface area contributed by atoms with Crippen molar-refractivity contribution in [1.29, 1.82) is 5.26 Å². The van der Waals surface area contributed by atoms with E-state index in [0.717, 1.165) is 24.2 Å². The fraction of sp³-hybridized carbons (Fsp3) is 0.727. The Morgan fingerprint density at radius 2 is 2.50 bits per heavy atom. The smallest absolute Gasteiger partial charge is 0.0625 e. The summed E-state index contributed by atoms with van der Waals surface area (Å²) in [7, 11) is 0. The van der Waals surface area contributed by atoms with Gasteiger partial charge in [0.1, 0.15) is 0 Å². The first-order valence-electron chi connectivity index (χ1n) is 4.86. The van der Waals surface area contributed by atoms with Crippen molar-refractivity contribution in [1.82, 2.24) is 0 Å². The van der Waals surface area contributed by atoms with E-state index in [1.54, 1.807) is 0 Å². The summed E-state index contributed by atoms with van der Waals surface area (Å²) in [6.07, 6.45) is 6.93. The van der Waals surface area contributed by atoms with Gasteiger partial charge in [0.25, 0.3) is 0 Å². The minimum Gasteiger partial charge on any atom is -0.198 e. The lowest BCUT2D eigenvalue weighted by Crippen LogP contribution is -2.49. The van der Waals surface area contributed by atoms with Crippen molar-refractivity contribution in [2.24, 2.45) is 29.1 Å². The van der Waals surface area contributed by atoms with Gasteiger partial charge < -0.3 is 0 Å². The lowest BCUT2D eigenvalue weighted by atomic mass is 9.50. The van der Waals surface area contributed by atoms with Crippen LogP contribution >= 0.6 is 0 Å². The fourth-order valence-electron chi connectivity index (χ4n) is 4.10. The van der Waals surface area contributed by atoms with Gasteiger partial charge in [0.15, 0.2) is 0 Å². The molecule has 0 aromatic carbocycles. The van der Waals surface area contributed by atoms with Crippen LogP contribution in [0.25, 0.3) is 0 Å². The minimum absolute atomic E-state index is 0.477. The molecule has 0 amide bonds. The highest BCUT2D eigenvalue weighted by atomic mass is 14.7.